The Morgan fingerprint density at radius 3 is 2.84 bits per heavy atom. The quantitative estimate of drug-likeness (QED) is 0.563. The molecular formula is C21H22BrN7O3. The molecule has 1 atom stereocenters. The Balaban J connectivity index is 1.54. The minimum Gasteiger partial charge on any atom is -0.381 e. The van der Waals surface area contributed by atoms with Gasteiger partial charge in [0.25, 0.3) is 5.91 Å². The molecule has 2 aromatic heterocycles. The van der Waals surface area contributed by atoms with Crippen molar-refractivity contribution in [2.45, 2.75) is 24.4 Å². The Bertz CT molecular complexity index is 1120. The molecule has 11 heteroatoms. The summed E-state index contributed by atoms with van der Waals surface area (Å²) in [6, 6.07) is 8.57. The molecule has 2 saturated heterocycles. The van der Waals surface area contributed by atoms with Crippen LogP contribution in [-0.2, 0) is 19.9 Å². The largest absolute Gasteiger partial charge is 0.381 e. The summed E-state index contributed by atoms with van der Waals surface area (Å²) in [6.07, 6.45) is 4.29. The van der Waals surface area contributed by atoms with E-state index in [2.05, 4.69) is 41.8 Å². The molecule has 3 aromatic rings. The molecule has 0 saturated carbocycles. The first-order valence-corrected chi connectivity index (χ1v) is 11.2. The summed E-state index contributed by atoms with van der Waals surface area (Å²) < 4.78 is 8.06. The number of hydrogen-bond donors (Lipinski definition) is 2. The molecule has 0 aliphatic carbocycles. The summed E-state index contributed by atoms with van der Waals surface area (Å²) in [5, 5.41) is 18.3. The lowest BCUT2D eigenvalue weighted by Gasteiger charge is -2.43. The number of hydrogen-bond acceptors (Lipinski definition) is 6. The predicted octanol–water partition coefficient (Wildman–Crippen LogP) is 1.64. The van der Waals surface area contributed by atoms with Crippen LogP contribution in [-0.4, -0.2) is 68.2 Å². The van der Waals surface area contributed by atoms with Gasteiger partial charge in [0.2, 0.25) is 5.91 Å². The standard InChI is InChI=1S/C21H22BrN7O3/c22-15-3-1-2-14(12-15)18-19(30)23-8-9-28(18)20(31)21(5-10-32-11-6-21)29-13-17(26-27-29)16-4-7-24-25-16/h1-4,7,12-13,18H,5-6,8-11H2,(H,23,30)(H,24,25). The van der Waals surface area contributed by atoms with Crippen molar-refractivity contribution in [3.05, 3.63) is 52.8 Å². The van der Waals surface area contributed by atoms with Gasteiger partial charge in [0.15, 0.2) is 0 Å². The zero-order chi connectivity index (χ0) is 22.1. The molecule has 0 bridgehead atoms. The SMILES string of the molecule is O=C1NCCN(C(=O)C2(n3cc(-c4ccn[nH]4)nn3)CCOCC2)C1c1cccc(Br)c1. The second-order valence-electron chi connectivity index (χ2n) is 7.91. The summed E-state index contributed by atoms with van der Waals surface area (Å²) in [4.78, 5) is 28.7. The summed E-state index contributed by atoms with van der Waals surface area (Å²) in [5.74, 6) is -0.344. The van der Waals surface area contributed by atoms with Crippen LogP contribution in [0, 0.1) is 0 Å². The molecule has 1 aromatic carbocycles. The van der Waals surface area contributed by atoms with Crippen LogP contribution >= 0.6 is 15.9 Å². The van der Waals surface area contributed by atoms with Gasteiger partial charge < -0.3 is 15.0 Å². The van der Waals surface area contributed by atoms with Crippen molar-refractivity contribution in [1.29, 1.82) is 0 Å². The average Bonchev–Trinajstić information content (AvgIpc) is 3.51. The first-order valence-electron chi connectivity index (χ1n) is 10.4. The van der Waals surface area contributed by atoms with Gasteiger partial charge in [-0.2, -0.15) is 5.10 Å². The van der Waals surface area contributed by atoms with E-state index in [1.807, 2.05) is 24.3 Å². The predicted molar refractivity (Wildman–Crippen MR) is 117 cm³/mol. The van der Waals surface area contributed by atoms with Crippen LogP contribution in [0.25, 0.3) is 11.4 Å². The zero-order valence-corrected chi connectivity index (χ0v) is 18.8. The van der Waals surface area contributed by atoms with Gasteiger partial charge in [0.05, 0.1) is 11.9 Å². The minimum absolute atomic E-state index is 0.151. The van der Waals surface area contributed by atoms with Gasteiger partial charge in [-0.15, -0.1) is 5.10 Å². The van der Waals surface area contributed by atoms with Crippen LogP contribution in [0.5, 0.6) is 0 Å². The molecule has 2 N–H and O–H groups in total. The van der Waals surface area contributed by atoms with E-state index in [9.17, 15) is 9.59 Å². The van der Waals surface area contributed by atoms with Gasteiger partial charge in [-0.1, -0.05) is 33.3 Å². The number of H-pyrrole nitrogens is 1. The number of amides is 2. The monoisotopic (exact) mass is 499 g/mol. The summed E-state index contributed by atoms with van der Waals surface area (Å²) in [7, 11) is 0. The first kappa shape index (κ1) is 20.8. The molecule has 2 amide bonds. The fourth-order valence-electron chi connectivity index (χ4n) is 4.41. The molecule has 1 unspecified atom stereocenters. The lowest BCUT2D eigenvalue weighted by molar-refractivity contribution is -0.155. The Kier molecular flexibility index (Phi) is 5.51. The molecule has 166 valence electrons. The van der Waals surface area contributed by atoms with Crippen LogP contribution < -0.4 is 5.32 Å². The Hall–Kier alpha value is -3.05. The minimum atomic E-state index is -0.981. The van der Waals surface area contributed by atoms with E-state index in [4.69, 9.17) is 4.74 Å². The second kappa shape index (κ2) is 8.47. The van der Waals surface area contributed by atoms with E-state index in [0.717, 1.165) is 15.7 Å². The topological polar surface area (TPSA) is 118 Å². The Morgan fingerprint density at radius 1 is 1.25 bits per heavy atom. The second-order valence-corrected chi connectivity index (χ2v) is 8.83. The van der Waals surface area contributed by atoms with Crippen molar-refractivity contribution in [3.8, 4) is 11.4 Å². The van der Waals surface area contributed by atoms with Gasteiger partial charge in [0.1, 0.15) is 17.3 Å². The fourth-order valence-corrected chi connectivity index (χ4v) is 4.82. The molecular weight excluding hydrogens is 478 g/mol. The average molecular weight is 500 g/mol. The number of nitrogens with zero attached hydrogens (tertiary/aromatic N) is 5. The highest BCUT2D eigenvalue weighted by molar-refractivity contribution is 9.10. The molecule has 10 nitrogen and oxygen atoms in total. The van der Waals surface area contributed by atoms with E-state index in [1.165, 1.54) is 0 Å². The molecule has 2 aliphatic rings. The van der Waals surface area contributed by atoms with Crippen LogP contribution in [0.4, 0.5) is 0 Å². The number of benzene rings is 1. The first-order chi connectivity index (χ1) is 15.6. The van der Waals surface area contributed by atoms with Gasteiger partial charge in [0, 0.05) is 49.8 Å². The summed E-state index contributed by atoms with van der Waals surface area (Å²) in [6.45, 7) is 1.66. The maximum absolute atomic E-state index is 14.2. The number of nitrogens with one attached hydrogen (secondary N) is 2. The molecule has 5 rings (SSSR count). The normalized spacial score (nSPS) is 20.7. The molecule has 2 aliphatic heterocycles. The van der Waals surface area contributed by atoms with Gasteiger partial charge in [-0.3, -0.25) is 14.7 Å². The molecule has 0 spiro atoms. The van der Waals surface area contributed by atoms with E-state index < -0.39 is 11.6 Å². The maximum Gasteiger partial charge on any atom is 0.251 e. The lowest BCUT2D eigenvalue weighted by Crippen LogP contribution is -2.60. The van der Waals surface area contributed by atoms with Gasteiger partial charge in [-0.25, -0.2) is 4.68 Å². The van der Waals surface area contributed by atoms with Crippen molar-refractivity contribution in [2.75, 3.05) is 26.3 Å². The molecule has 0 radical (unpaired) electrons. The number of ether oxygens (including phenoxy) is 1. The third kappa shape index (κ3) is 3.61. The smallest absolute Gasteiger partial charge is 0.251 e. The highest BCUT2D eigenvalue weighted by atomic mass is 79.9. The summed E-state index contributed by atoms with van der Waals surface area (Å²) >= 11 is 3.47. The Labute approximate surface area is 192 Å². The van der Waals surface area contributed by atoms with E-state index in [-0.39, 0.29) is 11.8 Å². The lowest BCUT2D eigenvalue weighted by atomic mass is 9.87. The third-order valence-corrected chi connectivity index (χ3v) is 6.56. The molecule has 2 fully saturated rings. The van der Waals surface area contributed by atoms with E-state index in [1.54, 1.807) is 28.0 Å². The van der Waals surface area contributed by atoms with Crippen LogP contribution in [0.15, 0.2) is 47.2 Å². The van der Waals surface area contributed by atoms with Crippen LogP contribution in [0.2, 0.25) is 0 Å². The van der Waals surface area contributed by atoms with Crippen molar-refractivity contribution in [1.82, 2.24) is 35.4 Å². The Morgan fingerprint density at radius 2 is 2.09 bits per heavy atom. The number of aromatic amines is 1. The fraction of sp³-hybridized carbons (Fsp3) is 0.381. The number of halogens is 1. The zero-order valence-electron chi connectivity index (χ0n) is 17.2. The molecule has 4 heterocycles. The highest BCUT2D eigenvalue weighted by Gasteiger charge is 2.49. The van der Waals surface area contributed by atoms with E-state index in [0.29, 0.717) is 44.8 Å². The van der Waals surface area contributed by atoms with Crippen molar-refractivity contribution < 1.29 is 14.3 Å². The third-order valence-electron chi connectivity index (χ3n) is 6.06. The van der Waals surface area contributed by atoms with Crippen molar-refractivity contribution in [3.63, 3.8) is 0 Å². The maximum atomic E-state index is 14.2. The van der Waals surface area contributed by atoms with E-state index >= 15 is 0 Å². The van der Waals surface area contributed by atoms with Crippen molar-refractivity contribution in [2.24, 2.45) is 0 Å². The highest BCUT2D eigenvalue weighted by Crippen LogP contribution is 2.36. The number of carbonyl (C=O) groups excluding carboxylic acids is 2. The molecule has 32 heavy (non-hydrogen) atoms. The van der Waals surface area contributed by atoms with Crippen molar-refractivity contribution >= 4 is 27.7 Å². The number of piperazine rings is 1. The number of aromatic nitrogens is 5. The van der Waals surface area contributed by atoms with Crippen LogP contribution in [0.3, 0.4) is 0 Å². The number of carbonyl (C=O) groups is 2. The number of rotatable bonds is 4. The van der Waals surface area contributed by atoms with Gasteiger partial charge in [-0.05, 0) is 23.8 Å². The van der Waals surface area contributed by atoms with Crippen LogP contribution in [0.1, 0.15) is 24.4 Å². The summed E-state index contributed by atoms with van der Waals surface area (Å²) in [5.41, 5.74) is 1.09. The van der Waals surface area contributed by atoms with Gasteiger partial charge >= 0.3 is 0 Å².